The number of benzene rings is 2. The van der Waals surface area contributed by atoms with Crippen LogP contribution in [0.3, 0.4) is 0 Å². The van der Waals surface area contributed by atoms with Crippen molar-refractivity contribution in [2.24, 2.45) is 5.92 Å². The van der Waals surface area contributed by atoms with Crippen molar-refractivity contribution in [2.75, 3.05) is 33.4 Å². The molecule has 0 saturated carbocycles. The number of nitrogens with zero attached hydrogens (tertiary/aromatic N) is 2. The van der Waals surface area contributed by atoms with Gasteiger partial charge < -0.3 is 14.6 Å². The number of aliphatic carboxylic acids is 1. The van der Waals surface area contributed by atoms with Gasteiger partial charge in [0.2, 0.25) is 11.8 Å². The molecule has 1 aliphatic rings. The summed E-state index contributed by atoms with van der Waals surface area (Å²) in [5, 5.41) is 10.5. The molecule has 3 rings (SSSR count). The van der Waals surface area contributed by atoms with E-state index in [9.17, 15) is 19.5 Å². The number of likely N-dealkylation sites (tertiary alicyclic amines) is 1. The summed E-state index contributed by atoms with van der Waals surface area (Å²) in [6.45, 7) is 6.16. The van der Waals surface area contributed by atoms with E-state index in [4.69, 9.17) is 21.1 Å². The standard InChI is InChI=1S/C27H33ClN2O6/c1-18(2)15-29(17-22(27(33)34)20-5-7-21(28)8-6-20)16-19-4-9-23(24(14-19)35-3)36-13-12-30-25(31)10-11-26(30)32/h4-9,14,18,22H,10-13,15-17H2,1-3H3,(H,33,34). The second-order valence-electron chi connectivity index (χ2n) is 9.30. The minimum absolute atomic E-state index is 0.172. The smallest absolute Gasteiger partial charge is 0.312 e. The van der Waals surface area contributed by atoms with E-state index in [1.165, 1.54) is 4.90 Å². The second kappa shape index (κ2) is 12.7. The van der Waals surface area contributed by atoms with Crippen LogP contribution in [-0.4, -0.2) is 66.0 Å². The van der Waals surface area contributed by atoms with Gasteiger partial charge in [-0.25, -0.2) is 0 Å². The molecule has 0 aliphatic carbocycles. The summed E-state index contributed by atoms with van der Waals surface area (Å²) in [6, 6.07) is 12.5. The van der Waals surface area contributed by atoms with E-state index in [1.807, 2.05) is 12.1 Å². The Kier molecular flexibility index (Phi) is 9.73. The van der Waals surface area contributed by atoms with Gasteiger partial charge in [-0.3, -0.25) is 24.2 Å². The number of halogens is 1. The Balaban J connectivity index is 1.69. The summed E-state index contributed by atoms with van der Waals surface area (Å²) >= 11 is 5.98. The second-order valence-corrected chi connectivity index (χ2v) is 9.74. The number of carbonyl (C=O) groups excluding carboxylic acids is 2. The fourth-order valence-electron chi connectivity index (χ4n) is 4.31. The highest BCUT2D eigenvalue weighted by atomic mass is 35.5. The SMILES string of the molecule is COc1cc(CN(CC(C)C)CC(C(=O)O)c2ccc(Cl)cc2)ccc1OCCN1C(=O)CCC1=O. The van der Waals surface area contributed by atoms with Crippen LogP contribution in [0.5, 0.6) is 11.5 Å². The van der Waals surface area contributed by atoms with Crippen molar-refractivity contribution >= 4 is 29.4 Å². The lowest BCUT2D eigenvalue weighted by Gasteiger charge is -2.28. The van der Waals surface area contributed by atoms with Gasteiger partial charge in [-0.05, 0) is 41.3 Å². The first-order chi connectivity index (χ1) is 17.2. The van der Waals surface area contributed by atoms with Crippen molar-refractivity contribution in [2.45, 2.75) is 39.2 Å². The number of rotatable bonds is 13. The number of hydrogen-bond donors (Lipinski definition) is 1. The molecule has 1 heterocycles. The molecule has 1 aliphatic heterocycles. The number of carbonyl (C=O) groups is 3. The third kappa shape index (κ3) is 7.45. The van der Waals surface area contributed by atoms with E-state index in [1.54, 1.807) is 37.4 Å². The molecule has 1 atom stereocenters. The van der Waals surface area contributed by atoms with E-state index in [2.05, 4.69) is 18.7 Å². The van der Waals surface area contributed by atoms with Gasteiger partial charge in [0, 0.05) is 37.5 Å². The summed E-state index contributed by atoms with van der Waals surface area (Å²) in [6.07, 6.45) is 0.509. The van der Waals surface area contributed by atoms with Gasteiger partial charge in [0.05, 0.1) is 19.6 Å². The summed E-state index contributed by atoms with van der Waals surface area (Å²) in [4.78, 5) is 39.0. The normalized spacial score (nSPS) is 14.6. The topological polar surface area (TPSA) is 96.4 Å². The number of imide groups is 1. The van der Waals surface area contributed by atoms with Gasteiger partial charge in [0.25, 0.3) is 0 Å². The van der Waals surface area contributed by atoms with Crippen LogP contribution in [0.4, 0.5) is 0 Å². The zero-order valence-corrected chi connectivity index (χ0v) is 21.7. The number of amides is 2. The Bertz CT molecular complexity index is 1060. The summed E-state index contributed by atoms with van der Waals surface area (Å²) in [5.41, 5.74) is 1.65. The molecule has 1 fully saturated rings. The van der Waals surface area contributed by atoms with Crippen LogP contribution in [0.15, 0.2) is 42.5 Å². The minimum atomic E-state index is -0.887. The molecule has 1 unspecified atom stereocenters. The van der Waals surface area contributed by atoms with Gasteiger partial charge in [-0.1, -0.05) is 43.6 Å². The van der Waals surface area contributed by atoms with E-state index >= 15 is 0 Å². The Hall–Kier alpha value is -3.10. The summed E-state index contributed by atoms with van der Waals surface area (Å²) in [5.74, 6) is -0.540. The van der Waals surface area contributed by atoms with Crippen molar-refractivity contribution in [3.63, 3.8) is 0 Å². The van der Waals surface area contributed by atoms with Crippen molar-refractivity contribution in [3.05, 3.63) is 58.6 Å². The van der Waals surface area contributed by atoms with Crippen LogP contribution in [-0.2, 0) is 20.9 Å². The average molecular weight is 517 g/mol. The van der Waals surface area contributed by atoms with E-state index in [0.29, 0.717) is 41.1 Å². The van der Waals surface area contributed by atoms with Crippen molar-refractivity contribution in [1.82, 2.24) is 9.80 Å². The lowest BCUT2D eigenvalue weighted by molar-refractivity contribution is -0.140. The highest BCUT2D eigenvalue weighted by molar-refractivity contribution is 6.30. The van der Waals surface area contributed by atoms with Crippen LogP contribution < -0.4 is 9.47 Å². The van der Waals surface area contributed by atoms with Gasteiger partial charge in [0.1, 0.15) is 6.61 Å². The molecule has 8 nitrogen and oxygen atoms in total. The third-order valence-electron chi connectivity index (χ3n) is 6.00. The molecule has 0 radical (unpaired) electrons. The molecule has 1 saturated heterocycles. The molecule has 2 amide bonds. The zero-order chi connectivity index (χ0) is 26.2. The molecule has 36 heavy (non-hydrogen) atoms. The maximum atomic E-state index is 12.1. The van der Waals surface area contributed by atoms with Crippen molar-refractivity contribution < 1.29 is 29.0 Å². The Morgan fingerprint density at radius 3 is 2.31 bits per heavy atom. The predicted molar refractivity (Wildman–Crippen MR) is 136 cm³/mol. The highest BCUT2D eigenvalue weighted by Gasteiger charge is 2.28. The van der Waals surface area contributed by atoms with E-state index in [-0.39, 0.29) is 37.8 Å². The monoisotopic (exact) mass is 516 g/mol. The van der Waals surface area contributed by atoms with Crippen LogP contribution >= 0.6 is 11.6 Å². The molecule has 0 spiro atoms. The quantitative estimate of drug-likeness (QED) is 0.398. The summed E-state index contributed by atoms with van der Waals surface area (Å²) < 4.78 is 11.3. The van der Waals surface area contributed by atoms with Gasteiger partial charge in [0.15, 0.2) is 11.5 Å². The van der Waals surface area contributed by atoms with Gasteiger partial charge in [-0.2, -0.15) is 0 Å². The maximum Gasteiger partial charge on any atom is 0.312 e. The average Bonchev–Trinajstić information content (AvgIpc) is 3.15. The molecule has 194 valence electrons. The Morgan fingerprint density at radius 1 is 1.06 bits per heavy atom. The molecule has 1 N–H and O–H groups in total. The van der Waals surface area contributed by atoms with Crippen LogP contribution in [0, 0.1) is 5.92 Å². The molecule has 2 aromatic rings. The molecular weight excluding hydrogens is 484 g/mol. The molecule has 0 bridgehead atoms. The van der Waals surface area contributed by atoms with E-state index in [0.717, 1.165) is 12.1 Å². The zero-order valence-electron chi connectivity index (χ0n) is 20.9. The lowest BCUT2D eigenvalue weighted by atomic mass is 9.98. The van der Waals surface area contributed by atoms with Crippen LogP contribution in [0.2, 0.25) is 5.02 Å². The number of carboxylic acids is 1. The number of carboxylic acid groups (broad SMARTS) is 1. The first-order valence-electron chi connectivity index (χ1n) is 12.0. The predicted octanol–water partition coefficient (Wildman–Crippen LogP) is 4.20. The largest absolute Gasteiger partial charge is 0.493 e. The van der Waals surface area contributed by atoms with Crippen LogP contribution in [0.25, 0.3) is 0 Å². The number of ether oxygens (including phenoxy) is 2. The van der Waals surface area contributed by atoms with Crippen molar-refractivity contribution in [3.8, 4) is 11.5 Å². The Labute approximate surface area is 216 Å². The minimum Gasteiger partial charge on any atom is -0.493 e. The fraction of sp³-hybridized carbons (Fsp3) is 0.444. The third-order valence-corrected chi connectivity index (χ3v) is 6.25. The first kappa shape index (κ1) is 27.5. The van der Waals surface area contributed by atoms with E-state index < -0.39 is 11.9 Å². The number of hydrogen-bond acceptors (Lipinski definition) is 6. The molecule has 0 aromatic heterocycles. The van der Waals surface area contributed by atoms with Gasteiger partial charge >= 0.3 is 5.97 Å². The first-order valence-corrected chi connectivity index (χ1v) is 12.4. The molecular formula is C27H33ClN2O6. The highest BCUT2D eigenvalue weighted by Crippen LogP contribution is 2.29. The number of methoxy groups -OCH3 is 1. The van der Waals surface area contributed by atoms with Crippen molar-refractivity contribution in [1.29, 1.82) is 0 Å². The van der Waals surface area contributed by atoms with Gasteiger partial charge in [-0.15, -0.1) is 0 Å². The molecule has 2 aromatic carbocycles. The summed E-state index contributed by atoms with van der Waals surface area (Å²) in [7, 11) is 1.55. The Morgan fingerprint density at radius 2 is 1.72 bits per heavy atom. The fourth-order valence-corrected chi connectivity index (χ4v) is 4.43. The van der Waals surface area contributed by atoms with Crippen LogP contribution in [0.1, 0.15) is 43.7 Å². The maximum absolute atomic E-state index is 12.1. The molecule has 9 heteroatoms. The lowest BCUT2D eigenvalue weighted by Crippen LogP contribution is -2.34.